The van der Waals surface area contributed by atoms with Gasteiger partial charge in [-0.25, -0.2) is 4.98 Å². The number of nitrogens with zero attached hydrogens (tertiary/aromatic N) is 3. The van der Waals surface area contributed by atoms with E-state index in [0.29, 0.717) is 0 Å². The molecule has 0 bridgehead atoms. The van der Waals surface area contributed by atoms with E-state index in [2.05, 4.69) is 20.4 Å². The first-order valence-electron chi connectivity index (χ1n) is 10.0. The molecule has 0 spiro atoms. The van der Waals surface area contributed by atoms with Crippen molar-refractivity contribution in [2.45, 2.75) is 25.4 Å². The lowest BCUT2D eigenvalue weighted by molar-refractivity contribution is -0.624. The zero-order chi connectivity index (χ0) is 26.5. The Bertz CT molecular complexity index is 1300. The number of carbonyl (C=O) groups excluding carboxylic acids is 1. The van der Waals surface area contributed by atoms with Crippen molar-refractivity contribution in [1.29, 1.82) is 0 Å². The van der Waals surface area contributed by atoms with Gasteiger partial charge in [-0.15, -0.1) is 13.2 Å². The fourth-order valence-corrected chi connectivity index (χ4v) is 3.19. The molecule has 2 heterocycles. The highest BCUT2D eigenvalue weighted by molar-refractivity contribution is 6.29. The second kappa shape index (κ2) is 10.8. The van der Waals surface area contributed by atoms with E-state index in [9.17, 15) is 36.7 Å². The molecule has 0 aliphatic heterocycles. The molecule has 0 aliphatic rings. The van der Waals surface area contributed by atoms with Crippen LogP contribution in [0, 0.1) is 5.21 Å². The summed E-state index contributed by atoms with van der Waals surface area (Å²) in [5, 5.41) is 15.8. The van der Waals surface area contributed by atoms with Gasteiger partial charge in [0.15, 0.2) is 12.0 Å². The molecule has 9 nitrogen and oxygen atoms in total. The number of nitrogens with one attached hydrogen (secondary N) is 2. The zero-order valence-electron chi connectivity index (χ0n) is 18.1. The molecular weight excluding hydrogens is 517 g/mol. The minimum atomic E-state index is -4.94. The van der Waals surface area contributed by atoms with Crippen molar-refractivity contribution in [3.63, 3.8) is 0 Å². The summed E-state index contributed by atoms with van der Waals surface area (Å²) in [6.45, 7) is -2.22. The van der Waals surface area contributed by atoms with E-state index in [1.54, 1.807) is 0 Å². The van der Waals surface area contributed by atoms with E-state index in [-0.39, 0.29) is 22.0 Å². The van der Waals surface area contributed by atoms with E-state index in [1.165, 1.54) is 30.3 Å². The van der Waals surface area contributed by atoms with Crippen LogP contribution in [0.2, 0.25) is 5.15 Å². The molecule has 0 fully saturated rings. The third-order valence-corrected chi connectivity index (χ3v) is 4.96. The molecular formula is C21H17ClF5N5O4. The van der Waals surface area contributed by atoms with Crippen molar-refractivity contribution in [2.75, 3.05) is 11.9 Å². The normalized spacial score (nSPS) is 11.7. The lowest BCUT2D eigenvalue weighted by atomic mass is 10.2. The molecule has 0 unspecified atom stereocenters. The Balaban J connectivity index is 1.69. The summed E-state index contributed by atoms with van der Waals surface area (Å²) in [7, 11) is 0. The number of para-hydroxylation sites is 1. The first-order valence-corrected chi connectivity index (χ1v) is 10.4. The number of carbonyl (C=O) groups is 1. The van der Waals surface area contributed by atoms with E-state index in [1.807, 2.05) is 0 Å². The second-order valence-corrected chi connectivity index (χ2v) is 7.61. The van der Waals surface area contributed by atoms with Gasteiger partial charge < -0.3 is 20.6 Å². The molecule has 1 amide bonds. The molecule has 15 heteroatoms. The van der Waals surface area contributed by atoms with Gasteiger partial charge in [0, 0.05) is 24.2 Å². The monoisotopic (exact) mass is 533 g/mol. The summed E-state index contributed by atoms with van der Waals surface area (Å²) in [6.07, 6.45) is -3.10. The standard InChI is InChI=1S/C21H17ClF5N5O4/c22-16-10-29-18(30-12-20(23,24)15-7-3-4-8-32(15)35)19(34)31(16)11-17(33)28-9-13-5-1-2-6-14(13)36-21(25,26)27/h1-8,10H,9,11-12H2,(H,28,33)(H,29,30). The SMILES string of the molecule is O=C(Cn1c(Cl)cnc(NCC(F)(F)c2cccc[n+]2[O-])c1=O)NCc1ccccc1OC(F)(F)F. The van der Waals surface area contributed by atoms with E-state index in [4.69, 9.17) is 11.6 Å². The summed E-state index contributed by atoms with van der Waals surface area (Å²) in [6, 6.07) is 8.56. The van der Waals surface area contributed by atoms with Crippen LogP contribution in [0.25, 0.3) is 0 Å². The van der Waals surface area contributed by atoms with Crippen LogP contribution in [0.1, 0.15) is 11.3 Å². The summed E-state index contributed by atoms with van der Waals surface area (Å²) in [5.74, 6) is -5.58. The highest BCUT2D eigenvalue weighted by atomic mass is 35.5. The van der Waals surface area contributed by atoms with Gasteiger partial charge in [0.05, 0.1) is 12.7 Å². The number of anilines is 1. The van der Waals surface area contributed by atoms with Gasteiger partial charge in [0.2, 0.25) is 5.91 Å². The van der Waals surface area contributed by atoms with Gasteiger partial charge >= 0.3 is 12.3 Å². The molecule has 0 saturated carbocycles. The van der Waals surface area contributed by atoms with Crippen LogP contribution in [-0.4, -0.2) is 28.4 Å². The minimum absolute atomic E-state index is 0.0115. The summed E-state index contributed by atoms with van der Waals surface area (Å²) in [4.78, 5) is 28.6. The Hall–Kier alpha value is -3.94. The Labute approximate surface area is 204 Å². The molecule has 3 rings (SSSR count). The van der Waals surface area contributed by atoms with Gasteiger partial charge in [0.25, 0.3) is 11.3 Å². The van der Waals surface area contributed by atoms with Crippen LogP contribution < -0.4 is 25.7 Å². The average Bonchev–Trinajstić information content (AvgIpc) is 2.80. The van der Waals surface area contributed by atoms with Crippen LogP contribution in [0.3, 0.4) is 0 Å². The Morgan fingerprint density at radius 1 is 1.14 bits per heavy atom. The number of halogens is 6. The van der Waals surface area contributed by atoms with Crippen molar-refractivity contribution in [3.8, 4) is 5.75 Å². The first kappa shape index (κ1) is 26.7. The molecule has 192 valence electrons. The molecule has 1 aromatic carbocycles. The Kier molecular flexibility index (Phi) is 7.97. The molecule has 2 N–H and O–H groups in total. The van der Waals surface area contributed by atoms with Crippen LogP contribution in [0.15, 0.2) is 59.7 Å². The van der Waals surface area contributed by atoms with Crippen molar-refractivity contribution >= 4 is 23.3 Å². The predicted octanol–water partition coefficient (Wildman–Crippen LogP) is 2.95. The van der Waals surface area contributed by atoms with Gasteiger partial charge in [-0.05, 0) is 12.1 Å². The third kappa shape index (κ3) is 6.81. The van der Waals surface area contributed by atoms with E-state index >= 15 is 0 Å². The van der Waals surface area contributed by atoms with E-state index in [0.717, 1.165) is 29.1 Å². The van der Waals surface area contributed by atoms with Crippen LogP contribution in [0.4, 0.5) is 27.8 Å². The Morgan fingerprint density at radius 3 is 2.53 bits per heavy atom. The van der Waals surface area contributed by atoms with Gasteiger partial charge in [-0.3, -0.25) is 14.2 Å². The minimum Gasteiger partial charge on any atom is -0.618 e. The van der Waals surface area contributed by atoms with Gasteiger partial charge in [-0.2, -0.15) is 13.5 Å². The topological polar surface area (TPSA) is 112 Å². The smallest absolute Gasteiger partial charge is 0.573 e. The number of amides is 1. The fourth-order valence-electron chi connectivity index (χ4n) is 3.00. The summed E-state index contributed by atoms with van der Waals surface area (Å²) in [5.41, 5.74) is -1.87. The molecule has 0 saturated heterocycles. The van der Waals surface area contributed by atoms with Gasteiger partial charge in [0.1, 0.15) is 17.4 Å². The lowest BCUT2D eigenvalue weighted by Crippen LogP contribution is -2.41. The summed E-state index contributed by atoms with van der Waals surface area (Å²) < 4.78 is 71.1. The highest BCUT2D eigenvalue weighted by Crippen LogP contribution is 2.26. The fraction of sp³-hybridized carbons (Fsp3) is 0.238. The van der Waals surface area contributed by atoms with E-state index < -0.39 is 54.1 Å². The number of hydrogen-bond acceptors (Lipinski definition) is 6. The largest absolute Gasteiger partial charge is 0.618 e. The number of aromatic nitrogens is 3. The number of hydrogen-bond donors (Lipinski definition) is 2. The summed E-state index contributed by atoms with van der Waals surface area (Å²) >= 11 is 5.92. The van der Waals surface area contributed by atoms with Crippen LogP contribution in [0.5, 0.6) is 5.75 Å². The maximum Gasteiger partial charge on any atom is 0.573 e. The quantitative estimate of drug-likeness (QED) is 0.248. The lowest BCUT2D eigenvalue weighted by Gasteiger charge is -2.17. The third-order valence-electron chi connectivity index (χ3n) is 4.66. The Morgan fingerprint density at radius 2 is 1.83 bits per heavy atom. The van der Waals surface area contributed by atoms with Gasteiger partial charge in [-0.1, -0.05) is 29.8 Å². The maximum atomic E-state index is 14.4. The molecule has 2 aromatic heterocycles. The molecule has 3 aromatic rings. The van der Waals surface area contributed by atoms with Crippen molar-refractivity contribution in [2.24, 2.45) is 0 Å². The van der Waals surface area contributed by atoms with Crippen molar-refractivity contribution in [1.82, 2.24) is 14.9 Å². The average molecular weight is 534 g/mol. The number of rotatable bonds is 9. The molecule has 0 radical (unpaired) electrons. The second-order valence-electron chi connectivity index (χ2n) is 7.22. The maximum absolute atomic E-state index is 14.4. The highest BCUT2D eigenvalue weighted by Gasteiger charge is 2.39. The van der Waals surface area contributed by atoms with Crippen LogP contribution >= 0.6 is 11.6 Å². The zero-order valence-corrected chi connectivity index (χ0v) is 18.8. The number of alkyl halides is 5. The number of benzene rings is 1. The first-order chi connectivity index (χ1) is 16.9. The molecule has 36 heavy (non-hydrogen) atoms. The molecule has 0 aliphatic carbocycles. The number of ether oxygens (including phenoxy) is 1. The van der Waals surface area contributed by atoms with Crippen molar-refractivity contribution in [3.05, 3.63) is 86.8 Å². The van der Waals surface area contributed by atoms with Crippen LogP contribution in [-0.2, 0) is 23.8 Å². The predicted molar refractivity (Wildman–Crippen MR) is 116 cm³/mol. The molecule has 0 atom stereocenters. The number of pyridine rings is 1. The van der Waals surface area contributed by atoms with Crippen molar-refractivity contribution < 1.29 is 36.2 Å².